The normalized spacial score (nSPS) is 10.6. The highest BCUT2D eigenvalue weighted by Gasteiger charge is 2.16. The maximum Gasteiger partial charge on any atom is 0.135 e. The van der Waals surface area contributed by atoms with Crippen LogP contribution in [0.15, 0.2) is 24.4 Å². The average molecular weight is 209 g/mol. The third kappa shape index (κ3) is 1.56. The molecule has 0 spiro atoms. The van der Waals surface area contributed by atoms with Crippen LogP contribution in [0.1, 0.15) is 0 Å². The van der Waals surface area contributed by atoms with E-state index >= 15 is 0 Å². The number of nitrogens with zero attached hydrogens (tertiary/aromatic N) is 2. The number of hydrogen-bond donors (Lipinski definition) is 1. The zero-order chi connectivity index (χ0) is 11.0. The van der Waals surface area contributed by atoms with E-state index in [-0.39, 0.29) is 16.9 Å². The van der Waals surface area contributed by atoms with Gasteiger partial charge in [0.1, 0.15) is 17.3 Å². The Labute approximate surface area is 85.1 Å². The first-order valence-corrected chi connectivity index (χ1v) is 4.33. The highest BCUT2D eigenvalue weighted by Crippen LogP contribution is 2.28. The van der Waals surface area contributed by atoms with Gasteiger partial charge >= 0.3 is 0 Å². The van der Waals surface area contributed by atoms with E-state index in [2.05, 4.69) is 5.10 Å². The lowest BCUT2D eigenvalue weighted by molar-refractivity contribution is 0.588. The number of nitrogen functional groups attached to an aromatic ring is 1. The molecule has 2 aromatic rings. The molecule has 0 atom stereocenters. The molecule has 0 radical (unpaired) electrons. The second-order valence-corrected chi connectivity index (χ2v) is 3.20. The third-order valence-electron chi connectivity index (χ3n) is 2.06. The number of benzene rings is 1. The van der Waals surface area contributed by atoms with Gasteiger partial charge in [-0.3, -0.25) is 4.68 Å². The number of nitrogens with two attached hydrogens (primary N) is 1. The van der Waals surface area contributed by atoms with Crippen molar-refractivity contribution >= 4 is 5.69 Å². The Kier molecular flexibility index (Phi) is 2.15. The molecule has 0 aliphatic heterocycles. The first kappa shape index (κ1) is 9.64. The second kappa shape index (κ2) is 3.34. The van der Waals surface area contributed by atoms with Gasteiger partial charge in [-0.1, -0.05) is 6.07 Å². The first-order chi connectivity index (χ1) is 7.09. The zero-order valence-electron chi connectivity index (χ0n) is 8.04. The Bertz CT molecular complexity index is 485. The lowest BCUT2D eigenvalue weighted by Crippen LogP contribution is -1.94. The lowest BCUT2D eigenvalue weighted by Gasteiger charge is -2.01. The Balaban J connectivity index is 2.68. The molecule has 0 unspecified atom stereocenters. The van der Waals surface area contributed by atoms with E-state index in [9.17, 15) is 8.78 Å². The Morgan fingerprint density at radius 3 is 2.33 bits per heavy atom. The van der Waals surface area contributed by atoms with E-state index in [1.165, 1.54) is 29.1 Å². The van der Waals surface area contributed by atoms with Crippen molar-refractivity contribution in [1.29, 1.82) is 0 Å². The van der Waals surface area contributed by atoms with Crippen molar-refractivity contribution in [2.45, 2.75) is 0 Å². The maximum absolute atomic E-state index is 13.4. The molecule has 1 aromatic carbocycles. The molecule has 2 rings (SSSR count). The molecule has 78 valence electrons. The summed E-state index contributed by atoms with van der Waals surface area (Å²) in [6.45, 7) is 0. The third-order valence-corrected chi connectivity index (χ3v) is 2.06. The smallest absolute Gasteiger partial charge is 0.135 e. The summed E-state index contributed by atoms with van der Waals surface area (Å²) in [6.07, 6.45) is 1.50. The molecule has 2 N–H and O–H groups in total. The van der Waals surface area contributed by atoms with Crippen LogP contribution in [0.3, 0.4) is 0 Å². The molecule has 0 aliphatic carbocycles. The quantitative estimate of drug-likeness (QED) is 0.780. The number of rotatable bonds is 1. The SMILES string of the molecule is Cn1cc(N)c(-c2c(F)cccc2F)n1. The van der Waals surface area contributed by atoms with Gasteiger partial charge in [-0.25, -0.2) is 8.78 Å². The van der Waals surface area contributed by atoms with Gasteiger partial charge < -0.3 is 5.73 Å². The number of aryl methyl sites for hydroxylation is 1. The van der Waals surface area contributed by atoms with Gasteiger partial charge in [0.15, 0.2) is 0 Å². The molecule has 5 heteroatoms. The number of halogens is 2. The topological polar surface area (TPSA) is 43.8 Å². The van der Waals surface area contributed by atoms with Crippen molar-refractivity contribution in [1.82, 2.24) is 9.78 Å². The molecule has 0 bridgehead atoms. The van der Waals surface area contributed by atoms with Crippen LogP contribution in [-0.2, 0) is 7.05 Å². The number of hydrogen-bond acceptors (Lipinski definition) is 2. The Morgan fingerprint density at radius 2 is 1.87 bits per heavy atom. The van der Waals surface area contributed by atoms with Crippen LogP contribution in [0.2, 0.25) is 0 Å². The molecule has 1 aromatic heterocycles. The summed E-state index contributed by atoms with van der Waals surface area (Å²) in [6, 6.07) is 3.65. The van der Waals surface area contributed by atoms with Crippen molar-refractivity contribution in [3.8, 4) is 11.3 Å². The number of aromatic nitrogens is 2. The van der Waals surface area contributed by atoms with Gasteiger partial charge in [0.05, 0.1) is 11.3 Å². The van der Waals surface area contributed by atoms with E-state index in [0.717, 1.165) is 0 Å². The van der Waals surface area contributed by atoms with E-state index in [1.807, 2.05) is 0 Å². The largest absolute Gasteiger partial charge is 0.396 e. The fourth-order valence-corrected chi connectivity index (χ4v) is 1.43. The van der Waals surface area contributed by atoms with E-state index in [1.54, 1.807) is 7.05 Å². The minimum absolute atomic E-state index is 0.133. The molecule has 1 heterocycles. The first-order valence-electron chi connectivity index (χ1n) is 4.33. The highest BCUT2D eigenvalue weighted by molar-refractivity contribution is 5.72. The summed E-state index contributed by atoms with van der Waals surface area (Å²) in [5, 5.41) is 3.91. The van der Waals surface area contributed by atoms with Crippen molar-refractivity contribution in [2.24, 2.45) is 7.05 Å². The van der Waals surface area contributed by atoms with Crippen LogP contribution >= 0.6 is 0 Å². The molecule has 0 saturated carbocycles. The van der Waals surface area contributed by atoms with E-state index in [0.29, 0.717) is 0 Å². The second-order valence-electron chi connectivity index (χ2n) is 3.20. The van der Waals surface area contributed by atoms with Crippen molar-refractivity contribution in [2.75, 3.05) is 5.73 Å². The van der Waals surface area contributed by atoms with Crippen LogP contribution in [0.4, 0.5) is 14.5 Å². The van der Waals surface area contributed by atoms with Crippen molar-refractivity contribution in [3.05, 3.63) is 36.0 Å². The number of anilines is 1. The van der Waals surface area contributed by atoms with Gasteiger partial charge in [0.25, 0.3) is 0 Å². The van der Waals surface area contributed by atoms with Gasteiger partial charge in [-0.15, -0.1) is 0 Å². The summed E-state index contributed by atoms with van der Waals surface area (Å²) in [5.74, 6) is -1.33. The average Bonchev–Trinajstić information content (AvgIpc) is 2.45. The molecule has 0 saturated heterocycles. The highest BCUT2D eigenvalue weighted by atomic mass is 19.1. The van der Waals surface area contributed by atoms with Crippen LogP contribution in [-0.4, -0.2) is 9.78 Å². The molecule has 0 aliphatic rings. The van der Waals surface area contributed by atoms with Gasteiger partial charge in [-0.05, 0) is 12.1 Å². The van der Waals surface area contributed by atoms with E-state index in [4.69, 9.17) is 5.73 Å². The predicted molar refractivity (Wildman–Crippen MR) is 53.0 cm³/mol. The molecule has 0 amide bonds. The molecular weight excluding hydrogens is 200 g/mol. The van der Waals surface area contributed by atoms with Crippen LogP contribution in [0.5, 0.6) is 0 Å². The van der Waals surface area contributed by atoms with Crippen molar-refractivity contribution < 1.29 is 8.78 Å². The summed E-state index contributed by atoms with van der Waals surface area (Å²) in [5.41, 5.74) is 5.79. The van der Waals surface area contributed by atoms with Gasteiger partial charge in [-0.2, -0.15) is 5.10 Å². The molecule has 0 fully saturated rings. The Hall–Kier alpha value is -1.91. The molecule has 15 heavy (non-hydrogen) atoms. The lowest BCUT2D eigenvalue weighted by atomic mass is 10.1. The van der Waals surface area contributed by atoms with Gasteiger partial charge in [0.2, 0.25) is 0 Å². The van der Waals surface area contributed by atoms with Crippen molar-refractivity contribution in [3.63, 3.8) is 0 Å². The summed E-state index contributed by atoms with van der Waals surface area (Å²) in [4.78, 5) is 0. The molecular formula is C10H9F2N3. The van der Waals surface area contributed by atoms with Crippen LogP contribution in [0, 0.1) is 11.6 Å². The van der Waals surface area contributed by atoms with E-state index < -0.39 is 11.6 Å². The fraction of sp³-hybridized carbons (Fsp3) is 0.100. The maximum atomic E-state index is 13.4. The van der Waals surface area contributed by atoms with Crippen LogP contribution < -0.4 is 5.73 Å². The zero-order valence-corrected chi connectivity index (χ0v) is 8.04. The fourth-order valence-electron chi connectivity index (χ4n) is 1.43. The monoisotopic (exact) mass is 209 g/mol. The standard InChI is InChI=1S/C10H9F2N3/c1-15-5-8(13)10(14-15)9-6(11)3-2-4-7(9)12/h2-5H,13H2,1H3. The van der Waals surface area contributed by atoms with Crippen LogP contribution in [0.25, 0.3) is 11.3 Å². The summed E-state index contributed by atoms with van der Waals surface area (Å²) in [7, 11) is 1.64. The summed E-state index contributed by atoms with van der Waals surface area (Å²) < 4.78 is 28.2. The predicted octanol–water partition coefficient (Wildman–Crippen LogP) is 1.95. The minimum Gasteiger partial charge on any atom is -0.396 e. The minimum atomic E-state index is -0.666. The van der Waals surface area contributed by atoms with Gasteiger partial charge in [0, 0.05) is 13.2 Å². The Morgan fingerprint density at radius 1 is 1.27 bits per heavy atom. The molecule has 3 nitrogen and oxygen atoms in total. The summed E-state index contributed by atoms with van der Waals surface area (Å²) >= 11 is 0.